The van der Waals surface area contributed by atoms with Gasteiger partial charge in [0, 0.05) is 36.8 Å². The molecule has 5 nitrogen and oxygen atoms in total. The third-order valence-electron chi connectivity index (χ3n) is 2.84. The molecule has 6 heteroatoms. The zero-order chi connectivity index (χ0) is 15.7. The topological polar surface area (TPSA) is 59.6 Å². The fraction of sp³-hybridized carbons (Fsp3) is 0.533. The number of hydrogen-bond donors (Lipinski definition) is 2. The fourth-order valence-electron chi connectivity index (χ4n) is 1.92. The monoisotopic (exact) mass is 358 g/mol. The van der Waals surface area contributed by atoms with Gasteiger partial charge < -0.3 is 20.1 Å². The van der Waals surface area contributed by atoms with Gasteiger partial charge in [-0.1, -0.05) is 15.9 Å². The van der Waals surface area contributed by atoms with Crippen molar-refractivity contribution in [2.75, 3.05) is 33.4 Å². The molecular formula is C15H23BrN2O3. The third kappa shape index (κ3) is 6.46. The molecule has 0 heterocycles. The molecule has 1 rings (SSSR count). The van der Waals surface area contributed by atoms with E-state index in [9.17, 15) is 4.79 Å². The Labute approximate surface area is 134 Å². The standard InChI is InChI=1S/C15H23BrN2O3/c1-4-18-14(19)10-21-15-11(2)7-13(16)8-12(15)9-17-5-6-20-3/h7-8,17H,4-6,9-10H2,1-3H3,(H,18,19). The summed E-state index contributed by atoms with van der Waals surface area (Å²) >= 11 is 3.49. The first kappa shape index (κ1) is 17.9. The molecule has 0 aliphatic heterocycles. The molecule has 0 unspecified atom stereocenters. The van der Waals surface area contributed by atoms with Crippen LogP contribution in [0.2, 0.25) is 0 Å². The Morgan fingerprint density at radius 2 is 2.14 bits per heavy atom. The highest BCUT2D eigenvalue weighted by Crippen LogP contribution is 2.28. The minimum Gasteiger partial charge on any atom is -0.483 e. The highest BCUT2D eigenvalue weighted by molar-refractivity contribution is 9.10. The number of hydrogen-bond acceptors (Lipinski definition) is 4. The minimum absolute atomic E-state index is 0.0292. The zero-order valence-electron chi connectivity index (χ0n) is 12.8. The summed E-state index contributed by atoms with van der Waals surface area (Å²) in [6.07, 6.45) is 0. The van der Waals surface area contributed by atoms with Crippen molar-refractivity contribution in [3.8, 4) is 5.75 Å². The molecule has 0 spiro atoms. The van der Waals surface area contributed by atoms with Gasteiger partial charge in [0.2, 0.25) is 0 Å². The van der Waals surface area contributed by atoms with Crippen LogP contribution in [0.5, 0.6) is 5.75 Å². The molecule has 2 N–H and O–H groups in total. The number of aryl methyl sites for hydroxylation is 1. The maximum Gasteiger partial charge on any atom is 0.257 e. The summed E-state index contributed by atoms with van der Waals surface area (Å²) < 4.78 is 11.7. The number of amides is 1. The van der Waals surface area contributed by atoms with E-state index >= 15 is 0 Å². The summed E-state index contributed by atoms with van der Waals surface area (Å²) in [5.74, 6) is 0.646. The van der Waals surface area contributed by atoms with Crippen molar-refractivity contribution in [3.63, 3.8) is 0 Å². The van der Waals surface area contributed by atoms with Crippen LogP contribution >= 0.6 is 15.9 Å². The third-order valence-corrected chi connectivity index (χ3v) is 3.29. The molecule has 0 bridgehead atoms. The summed E-state index contributed by atoms with van der Waals surface area (Å²) in [7, 11) is 1.67. The number of methoxy groups -OCH3 is 1. The fourth-order valence-corrected chi connectivity index (χ4v) is 2.54. The Bertz CT molecular complexity index is 466. The number of benzene rings is 1. The van der Waals surface area contributed by atoms with E-state index in [-0.39, 0.29) is 12.5 Å². The van der Waals surface area contributed by atoms with Crippen molar-refractivity contribution in [1.29, 1.82) is 0 Å². The molecule has 1 aromatic rings. The van der Waals surface area contributed by atoms with Crippen LogP contribution in [0.25, 0.3) is 0 Å². The average molecular weight is 359 g/mol. The van der Waals surface area contributed by atoms with Gasteiger partial charge >= 0.3 is 0 Å². The Hall–Kier alpha value is -1.11. The van der Waals surface area contributed by atoms with Crippen LogP contribution in [0.1, 0.15) is 18.1 Å². The van der Waals surface area contributed by atoms with Crippen molar-refractivity contribution < 1.29 is 14.3 Å². The van der Waals surface area contributed by atoms with E-state index in [0.717, 1.165) is 27.9 Å². The SMILES string of the molecule is CCNC(=O)COc1c(C)cc(Br)cc1CNCCOC. The van der Waals surface area contributed by atoms with E-state index in [2.05, 4.69) is 26.6 Å². The van der Waals surface area contributed by atoms with E-state index < -0.39 is 0 Å². The number of rotatable bonds is 9. The first-order chi connectivity index (χ1) is 10.1. The number of nitrogens with one attached hydrogen (secondary N) is 2. The molecule has 0 saturated heterocycles. The lowest BCUT2D eigenvalue weighted by atomic mass is 10.1. The molecule has 0 aromatic heterocycles. The summed E-state index contributed by atoms with van der Waals surface area (Å²) in [5.41, 5.74) is 2.01. The van der Waals surface area contributed by atoms with Crippen molar-refractivity contribution in [1.82, 2.24) is 10.6 Å². The van der Waals surface area contributed by atoms with Crippen LogP contribution in [-0.2, 0) is 16.1 Å². The second kappa shape index (κ2) is 9.76. The van der Waals surface area contributed by atoms with Gasteiger partial charge in [-0.3, -0.25) is 4.79 Å². The summed E-state index contributed by atoms with van der Waals surface area (Å²) in [6.45, 7) is 6.56. The first-order valence-electron chi connectivity index (χ1n) is 6.96. The largest absolute Gasteiger partial charge is 0.483 e. The molecular weight excluding hydrogens is 336 g/mol. The van der Waals surface area contributed by atoms with Gasteiger partial charge in [-0.25, -0.2) is 0 Å². The highest BCUT2D eigenvalue weighted by Gasteiger charge is 2.11. The van der Waals surface area contributed by atoms with E-state index in [4.69, 9.17) is 9.47 Å². The molecule has 0 aliphatic rings. The van der Waals surface area contributed by atoms with Gasteiger partial charge in [-0.15, -0.1) is 0 Å². The molecule has 0 atom stereocenters. The van der Waals surface area contributed by atoms with Crippen molar-refractivity contribution >= 4 is 21.8 Å². The lowest BCUT2D eigenvalue weighted by Gasteiger charge is -2.15. The quantitative estimate of drug-likeness (QED) is 0.663. The predicted octanol–water partition coefficient (Wildman–Crippen LogP) is 2.01. The lowest BCUT2D eigenvalue weighted by Crippen LogP contribution is -2.29. The summed E-state index contributed by atoms with van der Waals surface area (Å²) in [4.78, 5) is 11.5. The smallest absolute Gasteiger partial charge is 0.257 e. The van der Waals surface area contributed by atoms with E-state index in [1.807, 2.05) is 26.0 Å². The molecule has 0 fully saturated rings. The van der Waals surface area contributed by atoms with Crippen LogP contribution < -0.4 is 15.4 Å². The number of carbonyl (C=O) groups is 1. The molecule has 21 heavy (non-hydrogen) atoms. The van der Waals surface area contributed by atoms with E-state index in [1.165, 1.54) is 0 Å². The second-order valence-corrected chi connectivity index (χ2v) is 5.54. The molecule has 118 valence electrons. The maximum atomic E-state index is 11.5. The van der Waals surface area contributed by atoms with Gasteiger partial charge in [-0.2, -0.15) is 0 Å². The van der Waals surface area contributed by atoms with Crippen LogP contribution in [0.15, 0.2) is 16.6 Å². The van der Waals surface area contributed by atoms with Gasteiger partial charge in [0.1, 0.15) is 5.75 Å². The van der Waals surface area contributed by atoms with Crippen molar-refractivity contribution in [2.45, 2.75) is 20.4 Å². The number of carbonyl (C=O) groups excluding carboxylic acids is 1. The van der Waals surface area contributed by atoms with E-state index in [0.29, 0.717) is 19.7 Å². The zero-order valence-corrected chi connectivity index (χ0v) is 14.4. The van der Waals surface area contributed by atoms with Crippen LogP contribution in [0.4, 0.5) is 0 Å². The molecule has 1 amide bonds. The van der Waals surface area contributed by atoms with Gasteiger partial charge in [-0.05, 0) is 31.5 Å². The van der Waals surface area contributed by atoms with Gasteiger partial charge in [0.25, 0.3) is 5.91 Å². The van der Waals surface area contributed by atoms with Crippen molar-refractivity contribution in [2.24, 2.45) is 0 Å². The van der Waals surface area contributed by atoms with Crippen LogP contribution in [0.3, 0.4) is 0 Å². The summed E-state index contributed by atoms with van der Waals surface area (Å²) in [6, 6.07) is 3.98. The van der Waals surface area contributed by atoms with Crippen LogP contribution in [-0.4, -0.2) is 39.3 Å². The predicted molar refractivity (Wildman–Crippen MR) is 86.6 cm³/mol. The Kier molecular flexibility index (Phi) is 8.34. The molecule has 0 aliphatic carbocycles. The Morgan fingerprint density at radius 1 is 1.38 bits per heavy atom. The maximum absolute atomic E-state index is 11.5. The Morgan fingerprint density at radius 3 is 2.81 bits per heavy atom. The lowest BCUT2D eigenvalue weighted by molar-refractivity contribution is -0.123. The molecule has 1 aromatic carbocycles. The first-order valence-corrected chi connectivity index (χ1v) is 7.76. The number of halogens is 1. The van der Waals surface area contributed by atoms with Gasteiger partial charge in [0.15, 0.2) is 6.61 Å². The Balaban J connectivity index is 2.72. The minimum atomic E-state index is -0.113. The number of likely N-dealkylation sites (N-methyl/N-ethyl adjacent to an activating group) is 1. The van der Waals surface area contributed by atoms with Crippen molar-refractivity contribution in [3.05, 3.63) is 27.7 Å². The average Bonchev–Trinajstić information content (AvgIpc) is 2.42. The molecule has 0 radical (unpaired) electrons. The number of ether oxygens (including phenoxy) is 2. The summed E-state index contributed by atoms with van der Waals surface area (Å²) in [5, 5.41) is 6.00. The van der Waals surface area contributed by atoms with Crippen LogP contribution in [0, 0.1) is 6.92 Å². The highest BCUT2D eigenvalue weighted by atomic mass is 79.9. The van der Waals surface area contributed by atoms with E-state index in [1.54, 1.807) is 7.11 Å². The van der Waals surface area contributed by atoms with Gasteiger partial charge in [0.05, 0.1) is 6.61 Å². The molecule has 0 saturated carbocycles. The normalized spacial score (nSPS) is 10.5. The second-order valence-electron chi connectivity index (χ2n) is 4.62.